The van der Waals surface area contributed by atoms with Crippen LogP contribution in [0.1, 0.15) is 20.8 Å². The normalized spacial score (nSPS) is 12.7. The van der Waals surface area contributed by atoms with Gasteiger partial charge in [-0.15, -0.1) is 0 Å². The van der Waals surface area contributed by atoms with Crippen LogP contribution in [0, 0.1) is 0 Å². The van der Waals surface area contributed by atoms with Crippen molar-refractivity contribution in [3.05, 3.63) is 102 Å². The minimum Gasteiger partial charge on any atom is -0.478 e. The predicted octanol–water partition coefficient (Wildman–Crippen LogP) is 4.89. The van der Waals surface area contributed by atoms with Crippen molar-refractivity contribution in [1.29, 1.82) is 0 Å². The Morgan fingerprint density at radius 1 is 0.930 bits per heavy atom. The number of ether oxygens (including phenoxy) is 2. The number of fused-ring (bicyclic) bond motifs is 1. The molecule has 2 aromatic heterocycles. The van der Waals surface area contributed by atoms with E-state index in [0.29, 0.717) is 21.7 Å². The lowest BCUT2D eigenvalue weighted by molar-refractivity contribution is -0.148. The number of para-hydroxylation sites is 1. The third-order valence-electron chi connectivity index (χ3n) is 7.17. The van der Waals surface area contributed by atoms with Crippen LogP contribution < -0.4 is 15.1 Å². The summed E-state index contributed by atoms with van der Waals surface area (Å²) in [6.45, 7) is 6.85. The fourth-order valence-electron chi connectivity index (χ4n) is 5.21. The number of hydrogen-bond acceptors (Lipinski definition) is 7. The van der Waals surface area contributed by atoms with E-state index in [2.05, 4.69) is 60.1 Å². The highest BCUT2D eigenvalue weighted by molar-refractivity contribution is 6.99. The van der Waals surface area contributed by atoms with Gasteiger partial charge < -0.3 is 19.0 Å². The lowest BCUT2D eigenvalue weighted by Gasteiger charge is -2.43. The Morgan fingerprint density at radius 3 is 2.16 bits per heavy atom. The number of carboxylic acid groups (broad SMARTS) is 1. The highest BCUT2D eigenvalue weighted by Gasteiger charge is 2.50. The number of halogens is 1. The van der Waals surface area contributed by atoms with Crippen LogP contribution in [-0.4, -0.2) is 65.1 Å². The second-order valence-corrected chi connectivity index (χ2v) is 15.7. The molecular weight excluding hydrogens is 584 g/mol. The molecular formula is C32H33ClN4O5Si. The molecule has 0 saturated heterocycles. The zero-order valence-corrected chi connectivity index (χ0v) is 25.9. The van der Waals surface area contributed by atoms with E-state index in [0.717, 1.165) is 10.4 Å². The molecule has 9 nitrogen and oxygen atoms in total. The van der Waals surface area contributed by atoms with Crippen LogP contribution in [0.2, 0.25) is 10.1 Å². The lowest BCUT2D eigenvalue weighted by Crippen LogP contribution is -2.66. The molecule has 0 bridgehead atoms. The zero-order chi connectivity index (χ0) is 30.5. The molecule has 43 heavy (non-hydrogen) atoms. The first-order chi connectivity index (χ1) is 20.7. The molecule has 2 heterocycles. The molecule has 11 heteroatoms. The smallest absolute Gasteiger partial charge is 0.347 e. The van der Waals surface area contributed by atoms with Crippen molar-refractivity contribution in [2.45, 2.75) is 31.9 Å². The van der Waals surface area contributed by atoms with Crippen LogP contribution in [0.5, 0.6) is 5.88 Å². The van der Waals surface area contributed by atoms with E-state index in [1.165, 1.54) is 12.5 Å². The molecule has 0 spiro atoms. The Hall–Kier alpha value is -4.09. The van der Waals surface area contributed by atoms with Crippen LogP contribution in [0.15, 0.2) is 97.5 Å². The Balaban J connectivity index is 1.29. The third kappa shape index (κ3) is 6.32. The van der Waals surface area contributed by atoms with Gasteiger partial charge in [0.1, 0.15) is 11.7 Å². The van der Waals surface area contributed by atoms with Crippen molar-refractivity contribution in [3.8, 4) is 11.6 Å². The van der Waals surface area contributed by atoms with E-state index in [4.69, 9.17) is 25.5 Å². The molecule has 0 amide bonds. The Morgan fingerprint density at radius 2 is 1.56 bits per heavy atom. The Labute approximate surface area is 256 Å². The first kappa shape index (κ1) is 30.4. The van der Waals surface area contributed by atoms with Gasteiger partial charge in [-0.05, 0) is 27.5 Å². The molecule has 0 aliphatic heterocycles. The summed E-state index contributed by atoms with van der Waals surface area (Å²) in [5.74, 6) is -1.10. The summed E-state index contributed by atoms with van der Waals surface area (Å²) in [5, 5.41) is 17.4. The molecule has 5 aromatic rings. The van der Waals surface area contributed by atoms with Crippen molar-refractivity contribution >= 4 is 47.3 Å². The van der Waals surface area contributed by atoms with Gasteiger partial charge in [0.15, 0.2) is 5.65 Å². The van der Waals surface area contributed by atoms with Gasteiger partial charge in [0, 0.05) is 0 Å². The summed E-state index contributed by atoms with van der Waals surface area (Å²) in [4.78, 5) is 20.6. The van der Waals surface area contributed by atoms with E-state index < -0.39 is 20.4 Å². The molecule has 0 aliphatic carbocycles. The second kappa shape index (κ2) is 13.0. The minimum absolute atomic E-state index is 0.0860. The van der Waals surface area contributed by atoms with Crippen LogP contribution in [0.4, 0.5) is 0 Å². The van der Waals surface area contributed by atoms with Gasteiger partial charge in [0.05, 0.1) is 36.7 Å². The van der Waals surface area contributed by atoms with Gasteiger partial charge in [-0.2, -0.15) is 5.10 Å². The molecule has 0 aliphatic rings. The largest absolute Gasteiger partial charge is 0.478 e. The minimum atomic E-state index is -2.73. The first-order valence-electron chi connectivity index (χ1n) is 13.9. The third-order valence-corrected chi connectivity index (χ3v) is 12.5. The number of aromatic nitrogens is 4. The lowest BCUT2D eigenvalue weighted by atomic mass is 10.2. The maximum Gasteiger partial charge on any atom is 0.347 e. The van der Waals surface area contributed by atoms with Crippen LogP contribution in [0.25, 0.3) is 16.7 Å². The summed E-state index contributed by atoms with van der Waals surface area (Å²) in [6.07, 6.45) is 1.50. The average molecular weight is 617 g/mol. The number of rotatable bonds is 12. The van der Waals surface area contributed by atoms with E-state index in [1.54, 1.807) is 16.8 Å². The summed E-state index contributed by atoms with van der Waals surface area (Å²) >= 11 is 6.35. The van der Waals surface area contributed by atoms with E-state index >= 15 is 0 Å². The molecule has 3 aromatic carbocycles. The molecule has 5 rings (SSSR count). The molecule has 0 fully saturated rings. The molecule has 1 atom stereocenters. The fourth-order valence-corrected chi connectivity index (χ4v) is 9.97. The molecule has 222 valence electrons. The molecule has 0 saturated carbocycles. The van der Waals surface area contributed by atoms with Gasteiger partial charge in [-0.3, -0.25) is 0 Å². The summed E-state index contributed by atoms with van der Waals surface area (Å²) in [5.41, 5.74) is 1.06. The maximum absolute atomic E-state index is 12.1. The topological polar surface area (TPSA) is 109 Å². The van der Waals surface area contributed by atoms with Gasteiger partial charge >= 0.3 is 5.97 Å². The number of hydrogen-bond donors (Lipinski definition) is 1. The highest BCUT2D eigenvalue weighted by Crippen LogP contribution is 2.36. The van der Waals surface area contributed by atoms with Crippen molar-refractivity contribution in [3.63, 3.8) is 0 Å². The monoisotopic (exact) mass is 616 g/mol. The molecule has 1 N–H and O–H groups in total. The van der Waals surface area contributed by atoms with E-state index in [9.17, 15) is 9.90 Å². The first-order valence-corrected chi connectivity index (χ1v) is 16.2. The summed E-state index contributed by atoms with van der Waals surface area (Å²) in [7, 11) is -2.73. The van der Waals surface area contributed by atoms with Crippen LogP contribution in [-0.2, 0) is 14.0 Å². The number of aliphatic carboxylic acids is 1. The van der Waals surface area contributed by atoms with Crippen molar-refractivity contribution < 1.29 is 23.8 Å². The Bertz CT molecular complexity index is 1640. The van der Waals surface area contributed by atoms with Gasteiger partial charge in [-0.1, -0.05) is 105 Å². The van der Waals surface area contributed by atoms with Gasteiger partial charge in [0.25, 0.3) is 8.32 Å². The van der Waals surface area contributed by atoms with Crippen LogP contribution >= 0.6 is 11.6 Å². The zero-order valence-electron chi connectivity index (χ0n) is 24.2. The number of benzene rings is 3. The molecule has 0 unspecified atom stereocenters. The van der Waals surface area contributed by atoms with Crippen molar-refractivity contribution in [2.24, 2.45) is 0 Å². The van der Waals surface area contributed by atoms with Gasteiger partial charge in [0.2, 0.25) is 12.0 Å². The van der Waals surface area contributed by atoms with Crippen molar-refractivity contribution in [1.82, 2.24) is 19.7 Å². The number of carbonyl (C=O) groups is 1. The SMILES string of the molecule is CC(C)(C)[Si](OCCOC[C@H](Oc1ncnc2c1cnn2-c1ccccc1Cl)C(=O)O)(c1ccccc1)c1ccccc1. The fraction of sp³-hybridized carbons (Fsp3) is 0.250. The van der Waals surface area contributed by atoms with Crippen LogP contribution in [0.3, 0.4) is 0 Å². The Kier molecular flexibility index (Phi) is 9.21. The maximum atomic E-state index is 12.1. The van der Waals surface area contributed by atoms with E-state index in [1.807, 2.05) is 48.5 Å². The van der Waals surface area contributed by atoms with E-state index in [-0.39, 0.29) is 30.7 Å². The number of carboxylic acids is 1. The highest BCUT2D eigenvalue weighted by atomic mass is 35.5. The summed E-state index contributed by atoms with van der Waals surface area (Å²) < 4.78 is 20.0. The second-order valence-electron chi connectivity index (χ2n) is 11.0. The standard InChI is InChI=1S/C32H33ClN4O5Si/c1-32(2,3)43(23-12-6-4-7-13-23,24-14-8-5-9-15-24)41-19-18-40-21-28(31(38)39)42-30-25-20-36-37(29(25)34-22-35-30)27-17-11-10-16-26(27)33/h4-17,20,22,28H,18-19,21H2,1-3H3,(H,38,39)/t28-/m0/s1. The number of nitrogens with zero attached hydrogens (tertiary/aromatic N) is 4. The summed E-state index contributed by atoms with van der Waals surface area (Å²) in [6, 6.07) is 27.8. The molecule has 0 radical (unpaired) electrons. The van der Waals surface area contributed by atoms with Crippen molar-refractivity contribution in [2.75, 3.05) is 19.8 Å². The quantitative estimate of drug-likeness (QED) is 0.156. The average Bonchev–Trinajstić information content (AvgIpc) is 3.43. The van der Waals surface area contributed by atoms with Gasteiger partial charge in [-0.25, -0.2) is 19.4 Å². The predicted molar refractivity (Wildman–Crippen MR) is 168 cm³/mol.